The van der Waals surface area contributed by atoms with Crippen molar-refractivity contribution < 1.29 is 9.90 Å². The molecule has 1 saturated heterocycles. The molecule has 1 atom stereocenters. The van der Waals surface area contributed by atoms with E-state index in [1.54, 1.807) is 24.3 Å². The Balaban J connectivity index is 2.30. The van der Waals surface area contributed by atoms with E-state index in [0.717, 1.165) is 0 Å². The highest BCUT2D eigenvalue weighted by Crippen LogP contribution is 2.26. The number of carbonyl (C=O) groups is 1. The molecule has 0 spiro atoms. The average molecular weight is 212 g/mol. The predicted molar refractivity (Wildman–Crippen MR) is 54.2 cm³/mol. The van der Waals surface area contributed by atoms with Crippen molar-refractivity contribution in [3.05, 3.63) is 29.3 Å². The molecule has 0 bridgehead atoms. The van der Waals surface area contributed by atoms with Gasteiger partial charge in [-0.15, -0.1) is 0 Å². The molecule has 1 unspecified atom stereocenters. The number of rotatable bonds is 1. The Morgan fingerprint density at radius 1 is 1.36 bits per heavy atom. The fraction of sp³-hybridized carbons (Fsp3) is 0.300. The Morgan fingerprint density at radius 2 is 2.00 bits per heavy atom. The van der Waals surface area contributed by atoms with Crippen LogP contribution in [0.15, 0.2) is 24.3 Å². The van der Waals surface area contributed by atoms with Crippen molar-refractivity contribution in [2.24, 2.45) is 0 Å². The van der Waals surface area contributed by atoms with E-state index in [2.05, 4.69) is 0 Å². The minimum atomic E-state index is -0.691. The monoisotopic (exact) mass is 211 g/mol. The summed E-state index contributed by atoms with van der Waals surface area (Å²) in [6.45, 7) is 0. The van der Waals surface area contributed by atoms with E-state index in [4.69, 9.17) is 11.6 Å². The standard InChI is InChI=1S/C10H10ClNO2/c11-7-1-3-8(4-2-7)12-9(13)5-6-10(12)14/h1-4,9,13H,5-6H2. The van der Waals surface area contributed by atoms with E-state index in [9.17, 15) is 9.90 Å². The molecule has 1 amide bonds. The van der Waals surface area contributed by atoms with E-state index in [1.807, 2.05) is 0 Å². The minimum Gasteiger partial charge on any atom is -0.373 e. The normalized spacial score (nSPS) is 21.7. The maximum Gasteiger partial charge on any atom is 0.229 e. The quantitative estimate of drug-likeness (QED) is 0.770. The van der Waals surface area contributed by atoms with Crippen molar-refractivity contribution in [1.29, 1.82) is 0 Å². The lowest BCUT2D eigenvalue weighted by Gasteiger charge is -2.20. The van der Waals surface area contributed by atoms with Crippen LogP contribution >= 0.6 is 11.6 Å². The molecule has 1 aromatic carbocycles. The molecular formula is C10H10ClNO2. The van der Waals surface area contributed by atoms with Crippen molar-refractivity contribution in [2.75, 3.05) is 4.90 Å². The third kappa shape index (κ3) is 1.61. The van der Waals surface area contributed by atoms with E-state index in [0.29, 0.717) is 23.6 Å². The first-order chi connectivity index (χ1) is 6.68. The van der Waals surface area contributed by atoms with Gasteiger partial charge in [0.15, 0.2) is 0 Å². The molecule has 2 rings (SSSR count). The summed E-state index contributed by atoms with van der Waals surface area (Å²) in [6.07, 6.45) is 0.217. The Bertz CT molecular complexity index is 350. The summed E-state index contributed by atoms with van der Waals surface area (Å²) >= 11 is 5.73. The van der Waals surface area contributed by atoms with Crippen molar-refractivity contribution in [1.82, 2.24) is 0 Å². The number of hydrogen-bond donors (Lipinski definition) is 1. The zero-order valence-electron chi connectivity index (χ0n) is 7.48. The zero-order valence-corrected chi connectivity index (χ0v) is 8.24. The number of anilines is 1. The second-order valence-electron chi connectivity index (χ2n) is 3.26. The number of nitrogens with zero attached hydrogens (tertiary/aromatic N) is 1. The smallest absolute Gasteiger partial charge is 0.229 e. The van der Waals surface area contributed by atoms with Gasteiger partial charge in [0, 0.05) is 23.6 Å². The number of aliphatic hydroxyl groups excluding tert-OH is 1. The molecule has 3 nitrogen and oxygen atoms in total. The topological polar surface area (TPSA) is 40.5 Å². The minimum absolute atomic E-state index is 0.0418. The van der Waals surface area contributed by atoms with Gasteiger partial charge in [-0.05, 0) is 24.3 Å². The van der Waals surface area contributed by atoms with Crippen LogP contribution < -0.4 is 4.90 Å². The summed E-state index contributed by atoms with van der Waals surface area (Å²) in [7, 11) is 0. The summed E-state index contributed by atoms with van der Waals surface area (Å²) in [5.41, 5.74) is 0.699. The molecule has 74 valence electrons. The molecule has 1 aliphatic rings. The van der Waals surface area contributed by atoms with Crippen LogP contribution in [0, 0.1) is 0 Å². The first kappa shape index (κ1) is 9.49. The lowest BCUT2D eigenvalue weighted by atomic mass is 10.3. The summed E-state index contributed by atoms with van der Waals surface area (Å²) in [4.78, 5) is 12.8. The Labute approximate surface area is 86.9 Å². The van der Waals surface area contributed by atoms with Crippen LogP contribution in [-0.2, 0) is 4.79 Å². The molecule has 1 fully saturated rings. The number of aliphatic hydroxyl groups is 1. The number of benzene rings is 1. The van der Waals surface area contributed by atoms with Crippen LogP contribution in [0.3, 0.4) is 0 Å². The number of halogens is 1. The van der Waals surface area contributed by atoms with Crippen LogP contribution in [0.4, 0.5) is 5.69 Å². The van der Waals surface area contributed by atoms with E-state index < -0.39 is 6.23 Å². The highest BCUT2D eigenvalue weighted by Gasteiger charge is 2.30. The van der Waals surface area contributed by atoms with Crippen LogP contribution in [0.25, 0.3) is 0 Å². The number of hydrogen-bond acceptors (Lipinski definition) is 2. The second kappa shape index (κ2) is 3.59. The van der Waals surface area contributed by atoms with Gasteiger partial charge in [-0.25, -0.2) is 0 Å². The van der Waals surface area contributed by atoms with Crippen molar-refractivity contribution >= 4 is 23.2 Å². The second-order valence-corrected chi connectivity index (χ2v) is 3.70. The Morgan fingerprint density at radius 3 is 2.50 bits per heavy atom. The fourth-order valence-corrected chi connectivity index (χ4v) is 1.71. The third-order valence-corrected chi connectivity index (χ3v) is 2.54. The van der Waals surface area contributed by atoms with E-state index in [1.165, 1.54) is 4.90 Å². The van der Waals surface area contributed by atoms with Gasteiger partial charge in [0.1, 0.15) is 6.23 Å². The first-order valence-electron chi connectivity index (χ1n) is 4.44. The van der Waals surface area contributed by atoms with E-state index in [-0.39, 0.29) is 5.91 Å². The first-order valence-corrected chi connectivity index (χ1v) is 4.82. The van der Waals surface area contributed by atoms with Crippen molar-refractivity contribution in [3.63, 3.8) is 0 Å². The summed E-state index contributed by atoms with van der Waals surface area (Å²) in [5, 5.41) is 10.2. The maximum atomic E-state index is 11.4. The van der Waals surface area contributed by atoms with Gasteiger partial charge in [-0.1, -0.05) is 11.6 Å². The van der Waals surface area contributed by atoms with E-state index >= 15 is 0 Å². The van der Waals surface area contributed by atoms with Crippen molar-refractivity contribution in [2.45, 2.75) is 19.1 Å². The molecule has 1 aromatic rings. The molecule has 0 radical (unpaired) electrons. The molecular weight excluding hydrogens is 202 g/mol. The third-order valence-electron chi connectivity index (χ3n) is 2.29. The lowest BCUT2D eigenvalue weighted by Crippen LogP contribution is -2.32. The van der Waals surface area contributed by atoms with Crippen LogP contribution in [-0.4, -0.2) is 17.2 Å². The van der Waals surface area contributed by atoms with Gasteiger partial charge in [-0.2, -0.15) is 0 Å². The summed E-state index contributed by atoms with van der Waals surface area (Å²) in [5.74, 6) is -0.0418. The molecule has 14 heavy (non-hydrogen) atoms. The summed E-state index contributed by atoms with van der Waals surface area (Å²) in [6, 6.07) is 6.87. The van der Waals surface area contributed by atoms with Crippen LogP contribution in [0.2, 0.25) is 5.02 Å². The highest BCUT2D eigenvalue weighted by atomic mass is 35.5. The molecule has 0 aromatic heterocycles. The SMILES string of the molecule is O=C1CCC(O)N1c1ccc(Cl)cc1. The van der Waals surface area contributed by atoms with Gasteiger partial charge in [0.2, 0.25) is 5.91 Å². The molecule has 1 heterocycles. The molecule has 1 aliphatic heterocycles. The van der Waals surface area contributed by atoms with Gasteiger partial charge in [0.05, 0.1) is 0 Å². The number of amides is 1. The molecule has 1 N–H and O–H groups in total. The molecule has 4 heteroatoms. The fourth-order valence-electron chi connectivity index (χ4n) is 1.59. The lowest BCUT2D eigenvalue weighted by molar-refractivity contribution is -0.117. The van der Waals surface area contributed by atoms with Crippen LogP contribution in [0.1, 0.15) is 12.8 Å². The van der Waals surface area contributed by atoms with Crippen molar-refractivity contribution in [3.8, 4) is 0 Å². The van der Waals surface area contributed by atoms with Gasteiger partial charge in [0.25, 0.3) is 0 Å². The number of carbonyl (C=O) groups excluding carboxylic acids is 1. The van der Waals surface area contributed by atoms with Gasteiger partial charge < -0.3 is 5.11 Å². The zero-order chi connectivity index (χ0) is 10.1. The maximum absolute atomic E-state index is 11.4. The van der Waals surface area contributed by atoms with Gasteiger partial charge >= 0.3 is 0 Å². The Hall–Kier alpha value is -1.06. The van der Waals surface area contributed by atoms with Gasteiger partial charge in [-0.3, -0.25) is 9.69 Å². The molecule has 0 aliphatic carbocycles. The highest BCUT2D eigenvalue weighted by molar-refractivity contribution is 6.30. The van der Waals surface area contributed by atoms with Crippen LogP contribution in [0.5, 0.6) is 0 Å². The largest absolute Gasteiger partial charge is 0.373 e. The Kier molecular flexibility index (Phi) is 2.44. The summed E-state index contributed by atoms with van der Waals surface area (Å²) < 4.78 is 0. The predicted octanol–water partition coefficient (Wildman–Crippen LogP) is 1.79. The average Bonchev–Trinajstić information content (AvgIpc) is 2.49. The molecule has 0 saturated carbocycles.